The Morgan fingerprint density at radius 2 is 1.76 bits per heavy atom. The highest BCUT2D eigenvalue weighted by Crippen LogP contribution is 2.20. The van der Waals surface area contributed by atoms with Gasteiger partial charge in [0.2, 0.25) is 0 Å². The third-order valence-electron chi connectivity index (χ3n) is 3.77. The molecular formula is C20H19N3O2. The summed E-state index contributed by atoms with van der Waals surface area (Å²) < 4.78 is 5.53. The summed E-state index contributed by atoms with van der Waals surface area (Å²) >= 11 is 0. The van der Waals surface area contributed by atoms with Crippen LogP contribution in [0.2, 0.25) is 0 Å². The third-order valence-corrected chi connectivity index (χ3v) is 3.77. The number of carbonyl (C=O) groups excluding carboxylic acids is 1. The molecule has 0 aliphatic rings. The highest BCUT2D eigenvalue weighted by Gasteiger charge is 2.04. The molecule has 1 amide bonds. The highest BCUT2D eigenvalue weighted by molar-refractivity contribution is 5.99. The lowest BCUT2D eigenvalue weighted by molar-refractivity contribution is -0.123. The lowest BCUT2D eigenvalue weighted by Crippen LogP contribution is -2.25. The number of benzene rings is 3. The van der Waals surface area contributed by atoms with Crippen LogP contribution in [0.15, 0.2) is 71.8 Å². The van der Waals surface area contributed by atoms with Gasteiger partial charge in [-0.15, -0.1) is 0 Å². The van der Waals surface area contributed by atoms with Crippen molar-refractivity contribution in [3.05, 3.63) is 72.3 Å². The number of nitrogens with two attached hydrogens (primary N) is 1. The van der Waals surface area contributed by atoms with Gasteiger partial charge in [-0.05, 0) is 47.5 Å². The summed E-state index contributed by atoms with van der Waals surface area (Å²) in [7, 11) is 0. The molecule has 5 heteroatoms. The van der Waals surface area contributed by atoms with Gasteiger partial charge >= 0.3 is 0 Å². The Hall–Kier alpha value is -3.34. The van der Waals surface area contributed by atoms with Crippen LogP contribution in [0.3, 0.4) is 0 Å². The molecule has 0 aliphatic carbocycles. The molecule has 3 aromatic carbocycles. The van der Waals surface area contributed by atoms with E-state index in [1.54, 1.807) is 12.1 Å². The molecule has 25 heavy (non-hydrogen) atoms. The topological polar surface area (TPSA) is 76.7 Å². The van der Waals surface area contributed by atoms with E-state index in [1.165, 1.54) is 0 Å². The van der Waals surface area contributed by atoms with Gasteiger partial charge in [-0.1, -0.05) is 42.5 Å². The average Bonchev–Trinajstić information content (AvgIpc) is 2.65. The van der Waals surface area contributed by atoms with E-state index in [0.29, 0.717) is 17.1 Å². The monoisotopic (exact) mass is 333 g/mol. The molecule has 0 heterocycles. The Kier molecular flexibility index (Phi) is 4.95. The summed E-state index contributed by atoms with van der Waals surface area (Å²) in [5.74, 6) is 0.330. The van der Waals surface area contributed by atoms with E-state index >= 15 is 0 Å². The van der Waals surface area contributed by atoms with Crippen molar-refractivity contribution in [1.29, 1.82) is 0 Å². The maximum atomic E-state index is 11.9. The Balaban J connectivity index is 1.56. The Morgan fingerprint density at radius 1 is 1.04 bits per heavy atom. The molecule has 0 atom stereocenters. The number of carbonyl (C=O) groups is 1. The van der Waals surface area contributed by atoms with Crippen LogP contribution in [-0.2, 0) is 4.79 Å². The zero-order valence-electron chi connectivity index (χ0n) is 13.9. The van der Waals surface area contributed by atoms with Crippen molar-refractivity contribution >= 4 is 28.1 Å². The molecule has 3 aromatic rings. The fourth-order valence-corrected chi connectivity index (χ4v) is 2.37. The molecule has 3 rings (SSSR count). The number of hydrogen-bond acceptors (Lipinski definition) is 4. The van der Waals surface area contributed by atoms with Crippen molar-refractivity contribution < 1.29 is 9.53 Å². The smallest absolute Gasteiger partial charge is 0.277 e. The van der Waals surface area contributed by atoms with Crippen LogP contribution in [-0.4, -0.2) is 18.2 Å². The fourth-order valence-electron chi connectivity index (χ4n) is 2.37. The maximum absolute atomic E-state index is 11.9. The number of amides is 1. The Bertz CT molecular complexity index is 918. The first-order valence-corrected chi connectivity index (χ1v) is 7.92. The molecule has 0 unspecified atom stereocenters. The molecule has 0 saturated carbocycles. The minimum absolute atomic E-state index is 0.100. The van der Waals surface area contributed by atoms with Gasteiger partial charge in [-0.2, -0.15) is 5.10 Å². The number of fused-ring (bicyclic) bond motifs is 1. The molecule has 0 bridgehead atoms. The second-order valence-electron chi connectivity index (χ2n) is 5.65. The summed E-state index contributed by atoms with van der Waals surface area (Å²) in [4.78, 5) is 11.9. The van der Waals surface area contributed by atoms with Crippen molar-refractivity contribution in [2.45, 2.75) is 6.92 Å². The number of rotatable bonds is 5. The first-order valence-electron chi connectivity index (χ1n) is 7.92. The predicted octanol–water partition coefficient (Wildman–Crippen LogP) is 3.34. The molecule has 3 N–H and O–H groups in total. The molecule has 0 spiro atoms. The van der Waals surface area contributed by atoms with E-state index in [4.69, 9.17) is 10.5 Å². The second kappa shape index (κ2) is 7.49. The van der Waals surface area contributed by atoms with Gasteiger partial charge in [-0.25, -0.2) is 5.43 Å². The van der Waals surface area contributed by atoms with Gasteiger partial charge in [0.25, 0.3) is 5.91 Å². The average molecular weight is 333 g/mol. The SMILES string of the molecule is C/C(=N\NC(=O)COc1ccc2ccccc2c1)c1ccc(N)cc1. The van der Waals surface area contributed by atoms with Gasteiger partial charge in [0.05, 0.1) is 5.71 Å². The normalized spacial score (nSPS) is 11.3. The fraction of sp³-hybridized carbons (Fsp3) is 0.100. The van der Waals surface area contributed by atoms with Crippen LogP contribution in [0.25, 0.3) is 10.8 Å². The Labute approximate surface area is 146 Å². The largest absolute Gasteiger partial charge is 0.484 e. The summed E-state index contributed by atoms with van der Waals surface area (Å²) in [6.45, 7) is 1.72. The zero-order valence-corrected chi connectivity index (χ0v) is 13.9. The molecule has 0 radical (unpaired) electrons. The van der Waals surface area contributed by atoms with Crippen molar-refractivity contribution in [2.24, 2.45) is 5.10 Å². The van der Waals surface area contributed by atoms with Crippen LogP contribution in [0, 0.1) is 0 Å². The van der Waals surface area contributed by atoms with E-state index in [0.717, 1.165) is 16.3 Å². The first kappa shape index (κ1) is 16.5. The number of nitrogens with zero attached hydrogens (tertiary/aromatic N) is 1. The van der Waals surface area contributed by atoms with Crippen molar-refractivity contribution in [3.8, 4) is 5.75 Å². The number of anilines is 1. The second-order valence-corrected chi connectivity index (χ2v) is 5.65. The number of nitrogens with one attached hydrogen (secondary N) is 1. The number of ether oxygens (including phenoxy) is 1. The quantitative estimate of drug-likeness (QED) is 0.427. The first-order chi connectivity index (χ1) is 12.1. The standard InChI is InChI=1S/C20H19N3O2/c1-14(15-6-9-18(21)10-7-15)22-23-20(24)13-25-19-11-8-16-4-2-3-5-17(16)12-19/h2-12H,13,21H2,1H3,(H,23,24)/b22-14+. The molecule has 0 aromatic heterocycles. The van der Waals surface area contributed by atoms with Crippen molar-refractivity contribution in [2.75, 3.05) is 12.3 Å². The molecule has 5 nitrogen and oxygen atoms in total. The van der Waals surface area contributed by atoms with E-state index in [-0.39, 0.29) is 12.5 Å². The maximum Gasteiger partial charge on any atom is 0.277 e. The minimum atomic E-state index is -0.317. The third kappa shape index (κ3) is 4.35. The summed E-state index contributed by atoms with van der Waals surface area (Å²) in [6.07, 6.45) is 0. The van der Waals surface area contributed by atoms with Crippen LogP contribution in [0.4, 0.5) is 5.69 Å². The van der Waals surface area contributed by atoms with Gasteiger partial charge in [0.15, 0.2) is 6.61 Å². The lowest BCUT2D eigenvalue weighted by atomic mass is 10.1. The minimum Gasteiger partial charge on any atom is -0.484 e. The van der Waals surface area contributed by atoms with Crippen molar-refractivity contribution in [3.63, 3.8) is 0 Å². The number of nitrogen functional groups attached to an aromatic ring is 1. The van der Waals surface area contributed by atoms with Gasteiger partial charge in [-0.3, -0.25) is 4.79 Å². The van der Waals surface area contributed by atoms with Crippen LogP contribution < -0.4 is 15.9 Å². The van der Waals surface area contributed by atoms with E-state index < -0.39 is 0 Å². The molecular weight excluding hydrogens is 314 g/mol. The van der Waals surface area contributed by atoms with Gasteiger partial charge in [0.1, 0.15) is 5.75 Å². The Morgan fingerprint density at radius 3 is 2.52 bits per heavy atom. The molecule has 0 aliphatic heterocycles. The molecule has 0 saturated heterocycles. The van der Waals surface area contributed by atoms with E-state index in [2.05, 4.69) is 10.5 Å². The zero-order chi connectivity index (χ0) is 17.6. The number of hydrogen-bond donors (Lipinski definition) is 2. The van der Waals surface area contributed by atoms with Gasteiger partial charge in [0, 0.05) is 5.69 Å². The summed E-state index contributed by atoms with van der Waals surface area (Å²) in [5, 5.41) is 6.28. The molecule has 126 valence electrons. The van der Waals surface area contributed by atoms with Crippen LogP contribution in [0.1, 0.15) is 12.5 Å². The highest BCUT2D eigenvalue weighted by atomic mass is 16.5. The van der Waals surface area contributed by atoms with E-state index in [9.17, 15) is 4.79 Å². The number of hydrazone groups is 1. The predicted molar refractivity (Wildman–Crippen MR) is 101 cm³/mol. The van der Waals surface area contributed by atoms with Crippen LogP contribution >= 0.6 is 0 Å². The lowest BCUT2D eigenvalue weighted by Gasteiger charge is -2.07. The van der Waals surface area contributed by atoms with E-state index in [1.807, 2.05) is 61.5 Å². The molecule has 0 fully saturated rings. The van der Waals surface area contributed by atoms with Crippen LogP contribution in [0.5, 0.6) is 5.75 Å². The summed E-state index contributed by atoms with van der Waals surface area (Å²) in [6, 6.07) is 21.0. The van der Waals surface area contributed by atoms with Crippen molar-refractivity contribution in [1.82, 2.24) is 5.43 Å². The summed E-state index contributed by atoms with van der Waals surface area (Å²) in [5.41, 5.74) is 10.4. The van der Waals surface area contributed by atoms with Gasteiger partial charge < -0.3 is 10.5 Å².